The van der Waals surface area contributed by atoms with E-state index in [1.807, 2.05) is 32.6 Å². The molecule has 4 aromatic rings. The van der Waals surface area contributed by atoms with E-state index in [1.54, 1.807) is 24.4 Å². The number of aromatic nitrogens is 3. The number of carboxylic acid groups (broad SMARTS) is 1. The largest absolute Gasteiger partial charge is 0.481 e. The highest BCUT2D eigenvalue weighted by molar-refractivity contribution is 6.02. The molecule has 2 unspecified atom stereocenters. The minimum absolute atomic E-state index is 0.00211. The highest BCUT2D eigenvalue weighted by Gasteiger charge is 2.50. The number of aryl methyl sites for hydroxylation is 1. The number of benzene rings is 2. The summed E-state index contributed by atoms with van der Waals surface area (Å²) in [5, 5.41) is 10.8. The van der Waals surface area contributed by atoms with Crippen LogP contribution in [-0.4, -0.2) is 113 Å². The van der Waals surface area contributed by atoms with Crippen molar-refractivity contribution >= 4 is 39.6 Å². The summed E-state index contributed by atoms with van der Waals surface area (Å²) in [6, 6.07) is 6.36. The summed E-state index contributed by atoms with van der Waals surface area (Å²) < 4.78 is 56.3. The molecule has 13 nitrogen and oxygen atoms in total. The molecule has 2 aliphatic carbocycles. The number of ether oxygens (including phenoxy) is 4. The molecular formula is C48H60F2N6O7. The Morgan fingerprint density at radius 3 is 2.37 bits per heavy atom. The molecule has 2 aromatic heterocycles. The number of anilines is 1. The molecule has 2 atom stereocenters. The lowest BCUT2D eigenvalue weighted by atomic mass is 9.56. The SMILES string of the molecule is CCc1c(F)ccc2cc(OCOC)cc(-c3ncc4c(N5CC6CCC(C5)N6C(=O)OC(C)(C)C)nc(OCC5(CN6CCC7(CC6)CC(CCC(=O)O)C7)CC5)nc4c3F)c12. The number of carbonyl (C=O) groups excluding carboxylic acids is 1. The molecule has 3 saturated heterocycles. The van der Waals surface area contributed by atoms with Gasteiger partial charge >= 0.3 is 18.1 Å². The maximum atomic E-state index is 17.5. The fourth-order valence-corrected chi connectivity index (χ4v) is 10.9. The van der Waals surface area contributed by atoms with E-state index in [0.717, 1.165) is 77.4 Å². The molecule has 1 spiro atoms. The number of hydrogen-bond acceptors (Lipinski definition) is 11. The average Bonchev–Trinajstić information content (AvgIpc) is 3.95. The molecule has 9 rings (SSSR count). The second kappa shape index (κ2) is 16.9. The zero-order valence-corrected chi connectivity index (χ0v) is 37.2. The summed E-state index contributed by atoms with van der Waals surface area (Å²) in [6.45, 7) is 11.7. The number of nitrogens with zero attached hydrogens (tertiary/aromatic N) is 6. The number of piperazine rings is 1. The van der Waals surface area contributed by atoms with Crippen molar-refractivity contribution in [2.24, 2.45) is 16.7 Å². The number of fused-ring (bicyclic) bond motifs is 4. The first-order valence-electron chi connectivity index (χ1n) is 22.7. The summed E-state index contributed by atoms with van der Waals surface area (Å²) in [5.74, 6) is -0.342. The van der Waals surface area contributed by atoms with Crippen LogP contribution in [0.15, 0.2) is 30.5 Å². The molecule has 5 aliphatic rings. The van der Waals surface area contributed by atoms with Gasteiger partial charge in [-0.05, 0) is 144 Å². The Hall–Kier alpha value is -4.89. The third kappa shape index (κ3) is 8.84. The van der Waals surface area contributed by atoms with Crippen LogP contribution in [0.2, 0.25) is 0 Å². The van der Waals surface area contributed by atoms with Crippen molar-refractivity contribution in [3.8, 4) is 23.0 Å². The van der Waals surface area contributed by atoms with Crippen LogP contribution < -0.4 is 14.4 Å². The van der Waals surface area contributed by atoms with E-state index >= 15 is 8.78 Å². The van der Waals surface area contributed by atoms with Gasteiger partial charge in [0.25, 0.3) is 0 Å². The van der Waals surface area contributed by atoms with Crippen LogP contribution in [0.25, 0.3) is 32.9 Å². The molecule has 2 aromatic carbocycles. The number of amides is 1. The Kier molecular flexibility index (Phi) is 11.6. The number of carbonyl (C=O) groups is 2. The summed E-state index contributed by atoms with van der Waals surface area (Å²) in [7, 11) is 1.52. The Labute approximate surface area is 367 Å². The number of piperidine rings is 1. The number of methoxy groups -OCH3 is 1. The lowest BCUT2D eigenvalue weighted by Crippen LogP contribution is -2.57. The van der Waals surface area contributed by atoms with Gasteiger partial charge in [-0.2, -0.15) is 9.97 Å². The van der Waals surface area contributed by atoms with Gasteiger partial charge in [-0.1, -0.05) is 13.0 Å². The summed E-state index contributed by atoms with van der Waals surface area (Å²) in [6.07, 6.45) is 10.8. The Morgan fingerprint density at radius 2 is 1.71 bits per heavy atom. The van der Waals surface area contributed by atoms with Gasteiger partial charge in [0.15, 0.2) is 12.6 Å². The van der Waals surface area contributed by atoms with Crippen molar-refractivity contribution in [2.75, 3.05) is 58.1 Å². The molecule has 338 valence electrons. The normalized spacial score (nSPS) is 21.8. The molecule has 2 saturated carbocycles. The van der Waals surface area contributed by atoms with Crippen molar-refractivity contribution in [3.63, 3.8) is 0 Å². The van der Waals surface area contributed by atoms with Crippen molar-refractivity contribution < 1.29 is 42.4 Å². The molecule has 0 radical (unpaired) electrons. The molecule has 63 heavy (non-hydrogen) atoms. The van der Waals surface area contributed by atoms with E-state index in [1.165, 1.54) is 13.2 Å². The van der Waals surface area contributed by atoms with E-state index in [2.05, 4.69) is 9.80 Å². The highest BCUT2D eigenvalue weighted by Crippen LogP contribution is 2.55. The highest BCUT2D eigenvalue weighted by atomic mass is 19.1. The minimum atomic E-state index is -0.711. The van der Waals surface area contributed by atoms with Gasteiger partial charge in [0, 0.05) is 50.3 Å². The molecular weight excluding hydrogens is 811 g/mol. The Balaban J connectivity index is 1.02. The first-order chi connectivity index (χ1) is 30.2. The maximum absolute atomic E-state index is 17.5. The van der Waals surface area contributed by atoms with E-state index in [0.29, 0.717) is 76.3 Å². The second-order valence-electron chi connectivity index (χ2n) is 20.0. The van der Waals surface area contributed by atoms with Crippen LogP contribution >= 0.6 is 0 Å². The molecule has 15 heteroatoms. The van der Waals surface area contributed by atoms with Gasteiger partial charge in [0.05, 0.1) is 24.1 Å². The molecule has 1 N–H and O–H groups in total. The zero-order valence-electron chi connectivity index (χ0n) is 37.2. The van der Waals surface area contributed by atoms with Gasteiger partial charge in [0.2, 0.25) is 0 Å². The van der Waals surface area contributed by atoms with Crippen molar-refractivity contribution in [3.05, 3.63) is 47.7 Å². The van der Waals surface area contributed by atoms with Crippen LogP contribution in [-0.2, 0) is 20.7 Å². The zero-order chi connectivity index (χ0) is 44.3. The first-order valence-corrected chi connectivity index (χ1v) is 22.7. The number of carboxylic acids is 1. The lowest BCUT2D eigenvalue weighted by Gasteiger charge is -2.53. The van der Waals surface area contributed by atoms with Gasteiger partial charge in [0.1, 0.15) is 34.2 Å². The Bertz CT molecular complexity index is 2380. The molecule has 1 amide bonds. The third-order valence-corrected chi connectivity index (χ3v) is 14.3. The van der Waals surface area contributed by atoms with Gasteiger partial charge < -0.3 is 33.9 Å². The number of rotatable bonds is 14. The number of halogens is 2. The van der Waals surface area contributed by atoms with Crippen molar-refractivity contribution in [2.45, 2.75) is 116 Å². The van der Waals surface area contributed by atoms with E-state index in [9.17, 15) is 9.59 Å². The smallest absolute Gasteiger partial charge is 0.410 e. The fraction of sp³-hybridized carbons (Fsp3) is 0.604. The predicted octanol–water partition coefficient (Wildman–Crippen LogP) is 8.77. The predicted molar refractivity (Wildman–Crippen MR) is 234 cm³/mol. The van der Waals surface area contributed by atoms with Gasteiger partial charge in [-0.3, -0.25) is 14.7 Å². The van der Waals surface area contributed by atoms with Crippen LogP contribution in [0.1, 0.15) is 97.5 Å². The Morgan fingerprint density at radius 1 is 0.984 bits per heavy atom. The number of pyridine rings is 1. The fourth-order valence-electron chi connectivity index (χ4n) is 10.9. The first kappa shape index (κ1) is 43.4. The molecule has 5 fully saturated rings. The summed E-state index contributed by atoms with van der Waals surface area (Å²) >= 11 is 0. The quantitative estimate of drug-likeness (QED) is 0.121. The van der Waals surface area contributed by atoms with E-state index in [-0.39, 0.29) is 59.8 Å². The molecule has 3 aliphatic heterocycles. The van der Waals surface area contributed by atoms with E-state index < -0.39 is 17.4 Å². The summed E-state index contributed by atoms with van der Waals surface area (Å²) in [5.41, 5.74) is 0.527. The molecule has 5 heterocycles. The van der Waals surface area contributed by atoms with Crippen molar-refractivity contribution in [1.82, 2.24) is 24.8 Å². The van der Waals surface area contributed by atoms with Crippen molar-refractivity contribution in [1.29, 1.82) is 0 Å². The number of hydrogen-bond donors (Lipinski definition) is 1. The van der Waals surface area contributed by atoms with Crippen LogP contribution in [0, 0.1) is 28.4 Å². The lowest BCUT2D eigenvalue weighted by molar-refractivity contribution is -0.138. The molecule has 2 bridgehead atoms. The topological polar surface area (TPSA) is 140 Å². The van der Waals surface area contributed by atoms with Crippen LogP contribution in [0.3, 0.4) is 0 Å². The third-order valence-electron chi connectivity index (χ3n) is 14.3. The monoisotopic (exact) mass is 870 g/mol. The van der Waals surface area contributed by atoms with Crippen LogP contribution in [0.4, 0.5) is 19.4 Å². The maximum Gasteiger partial charge on any atom is 0.410 e. The van der Waals surface area contributed by atoms with E-state index in [4.69, 9.17) is 39.0 Å². The summed E-state index contributed by atoms with van der Waals surface area (Å²) in [4.78, 5) is 45.5. The van der Waals surface area contributed by atoms with Gasteiger partial charge in [-0.25, -0.2) is 13.6 Å². The number of likely N-dealkylation sites (tertiary alicyclic amines) is 1. The number of aliphatic carboxylic acids is 1. The average molecular weight is 871 g/mol. The standard InChI is InChI=1S/C48H60F2N6O7/c1-6-34-37(49)11-8-30-19-33(62-28-60-5)20-35(39(30)34)41-40(50)42-36(23-51-41)43(55-24-31-9-10-32(25-55)56(31)45(59)63-46(2,3)4)53-44(52-42)61-27-48(13-14-48)26-54-17-15-47(16-18-54)21-29(22-47)7-12-38(57)58/h8,11,19-20,23,29,31-32H,6-7,9-10,12-18,21-22,24-28H2,1-5H3,(H,57,58). The van der Waals surface area contributed by atoms with Gasteiger partial charge in [-0.15, -0.1) is 0 Å². The minimum Gasteiger partial charge on any atom is -0.481 e. The van der Waals surface area contributed by atoms with Crippen LogP contribution in [0.5, 0.6) is 11.8 Å². The second-order valence-corrected chi connectivity index (χ2v) is 20.0.